The monoisotopic (exact) mass is 317 g/mol. The zero-order chi connectivity index (χ0) is 11.1. The predicted molar refractivity (Wildman–Crippen MR) is 65.9 cm³/mol. The molecule has 2 N–H and O–H groups in total. The molecule has 1 saturated carbocycles. The van der Waals surface area contributed by atoms with E-state index in [0.29, 0.717) is 5.56 Å². The van der Waals surface area contributed by atoms with Crippen molar-refractivity contribution in [2.75, 3.05) is 0 Å². The molecule has 1 aliphatic rings. The van der Waals surface area contributed by atoms with Crippen LogP contribution in [-0.4, -0.2) is 16.6 Å². The van der Waals surface area contributed by atoms with E-state index < -0.39 is 0 Å². The number of hydrogen-bond donors (Lipinski definition) is 2. The average molecular weight is 317 g/mol. The van der Waals surface area contributed by atoms with Crippen LogP contribution in [0.3, 0.4) is 0 Å². The third-order valence-corrected chi connectivity index (χ3v) is 3.54. The van der Waals surface area contributed by atoms with Gasteiger partial charge in [0.25, 0.3) is 5.91 Å². The maximum absolute atomic E-state index is 11.7. The van der Waals surface area contributed by atoms with Gasteiger partial charge in [0.15, 0.2) is 0 Å². The molecular formula is C11H12INO2. The standard InChI is InChI=1S/C11H12INO2/c1-11(4-5-11)13-10(15)7-2-3-8(12)9(14)6-7/h2-3,6,14H,4-5H2,1H3,(H,13,15). The van der Waals surface area contributed by atoms with E-state index in [1.165, 1.54) is 6.07 Å². The van der Waals surface area contributed by atoms with E-state index in [9.17, 15) is 9.90 Å². The highest BCUT2D eigenvalue weighted by molar-refractivity contribution is 14.1. The second kappa shape index (κ2) is 3.66. The summed E-state index contributed by atoms with van der Waals surface area (Å²) in [5, 5.41) is 12.4. The van der Waals surface area contributed by atoms with Gasteiger partial charge in [0, 0.05) is 11.1 Å². The molecule has 0 aromatic heterocycles. The van der Waals surface area contributed by atoms with Crippen LogP contribution in [0.4, 0.5) is 0 Å². The first-order chi connectivity index (χ1) is 7.00. The molecule has 0 atom stereocenters. The van der Waals surface area contributed by atoms with Crippen molar-refractivity contribution >= 4 is 28.5 Å². The Balaban J connectivity index is 2.15. The summed E-state index contributed by atoms with van der Waals surface area (Å²) in [4.78, 5) is 11.7. The molecule has 4 heteroatoms. The summed E-state index contributed by atoms with van der Waals surface area (Å²) in [7, 11) is 0. The molecule has 0 spiro atoms. The van der Waals surface area contributed by atoms with Gasteiger partial charge < -0.3 is 10.4 Å². The van der Waals surface area contributed by atoms with Crippen molar-refractivity contribution in [2.24, 2.45) is 0 Å². The number of nitrogens with one attached hydrogen (secondary N) is 1. The fourth-order valence-electron chi connectivity index (χ4n) is 1.31. The van der Waals surface area contributed by atoms with Crippen molar-refractivity contribution in [3.8, 4) is 5.75 Å². The highest BCUT2D eigenvalue weighted by Gasteiger charge is 2.38. The normalized spacial score (nSPS) is 17.2. The highest BCUT2D eigenvalue weighted by Crippen LogP contribution is 2.34. The molecule has 1 aliphatic carbocycles. The number of amides is 1. The Morgan fingerprint density at radius 2 is 2.20 bits per heavy atom. The molecule has 80 valence electrons. The van der Waals surface area contributed by atoms with Crippen LogP contribution in [0.5, 0.6) is 5.75 Å². The second-order valence-corrected chi connectivity index (χ2v) is 5.34. The first-order valence-corrected chi connectivity index (χ1v) is 5.89. The molecule has 0 bridgehead atoms. The minimum atomic E-state index is -0.110. The van der Waals surface area contributed by atoms with Crippen LogP contribution < -0.4 is 5.32 Å². The van der Waals surface area contributed by atoms with E-state index in [2.05, 4.69) is 5.32 Å². The molecule has 1 aromatic rings. The van der Waals surface area contributed by atoms with Gasteiger partial charge in [-0.2, -0.15) is 0 Å². The average Bonchev–Trinajstić information content (AvgIpc) is 2.88. The van der Waals surface area contributed by atoms with Gasteiger partial charge in [-0.15, -0.1) is 0 Å². The number of rotatable bonds is 2. The lowest BCUT2D eigenvalue weighted by atomic mass is 10.2. The lowest BCUT2D eigenvalue weighted by Gasteiger charge is -2.11. The number of phenolic OH excluding ortho intramolecular Hbond substituents is 1. The SMILES string of the molecule is CC1(NC(=O)c2ccc(I)c(O)c2)CC1. The van der Waals surface area contributed by atoms with Gasteiger partial charge in [-0.05, 0) is 60.6 Å². The molecule has 0 aliphatic heterocycles. The summed E-state index contributed by atoms with van der Waals surface area (Å²) < 4.78 is 0.752. The van der Waals surface area contributed by atoms with Gasteiger partial charge in [-0.25, -0.2) is 0 Å². The molecule has 1 amide bonds. The van der Waals surface area contributed by atoms with E-state index >= 15 is 0 Å². The van der Waals surface area contributed by atoms with Gasteiger partial charge in [0.1, 0.15) is 5.75 Å². The number of carbonyl (C=O) groups excluding carboxylic acids is 1. The molecule has 1 fully saturated rings. The fourth-order valence-corrected chi connectivity index (χ4v) is 1.65. The minimum absolute atomic E-state index is 0.0182. The van der Waals surface area contributed by atoms with Crippen LogP contribution in [0.15, 0.2) is 18.2 Å². The van der Waals surface area contributed by atoms with Crippen molar-refractivity contribution in [3.63, 3.8) is 0 Å². The van der Waals surface area contributed by atoms with E-state index in [4.69, 9.17) is 0 Å². The molecule has 0 radical (unpaired) electrons. The molecule has 0 heterocycles. The molecule has 0 saturated heterocycles. The van der Waals surface area contributed by atoms with Crippen LogP contribution in [0.1, 0.15) is 30.1 Å². The topological polar surface area (TPSA) is 49.3 Å². The van der Waals surface area contributed by atoms with Crippen LogP contribution >= 0.6 is 22.6 Å². The zero-order valence-electron chi connectivity index (χ0n) is 8.38. The summed E-state index contributed by atoms with van der Waals surface area (Å²) in [5.41, 5.74) is 0.497. The lowest BCUT2D eigenvalue weighted by Crippen LogP contribution is -2.34. The van der Waals surface area contributed by atoms with Crippen molar-refractivity contribution in [2.45, 2.75) is 25.3 Å². The number of hydrogen-bond acceptors (Lipinski definition) is 2. The highest BCUT2D eigenvalue weighted by atomic mass is 127. The third kappa shape index (κ3) is 2.42. The zero-order valence-corrected chi connectivity index (χ0v) is 10.5. The Hall–Kier alpha value is -0.780. The van der Waals surface area contributed by atoms with Crippen LogP contribution in [-0.2, 0) is 0 Å². The van der Waals surface area contributed by atoms with Gasteiger partial charge in [-0.3, -0.25) is 4.79 Å². The summed E-state index contributed by atoms with van der Waals surface area (Å²) in [6, 6.07) is 4.96. The molecule has 1 aromatic carbocycles. The van der Waals surface area contributed by atoms with Crippen LogP contribution in [0.25, 0.3) is 0 Å². The summed E-state index contributed by atoms with van der Waals surface area (Å²) in [6.07, 6.45) is 2.07. The minimum Gasteiger partial charge on any atom is -0.507 e. The summed E-state index contributed by atoms with van der Waals surface area (Å²) >= 11 is 2.02. The molecule has 3 nitrogen and oxygen atoms in total. The van der Waals surface area contributed by atoms with Crippen LogP contribution in [0, 0.1) is 3.57 Å². The molecule has 0 unspecified atom stereocenters. The number of benzene rings is 1. The Morgan fingerprint density at radius 1 is 1.53 bits per heavy atom. The third-order valence-electron chi connectivity index (χ3n) is 2.62. The first-order valence-electron chi connectivity index (χ1n) is 4.81. The summed E-state index contributed by atoms with van der Waals surface area (Å²) in [6.45, 7) is 2.03. The van der Waals surface area contributed by atoms with E-state index in [-0.39, 0.29) is 17.2 Å². The number of aromatic hydroxyl groups is 1. The quantitative estimate of drug-likeness (QED) is 0.822. The van der Waals surface area contributed by atoms with Crippen molar-refractivity contribution in [3.05, 3.63) is 27.3 Å². The second-order valence-electron chi connectivity index (χ2n) is 4.18. The largest absolute Gasteiger partial charge is 0.507 e. The van der Waals surface area contributed by atoms with Gasteiger partial charge in [-0.1, -0.05) is 0 Å². The Morgan fingerprint density at radius 3 is 2.73 bits per heavy atom. The Kier molecular flexibility index (Phi) is 2.62. The van der Waals surface area contributed by atoms with Gasteiger partial charge >= 0.3 is 0 Å². The van der Waals surface area contributed by atoms with Crippen molar-refractivity contribution in [1.82, 2.24) is 5.32 Å². The maximum atomic E-state index is 11.7. The van der Waals surface area contributed by atoms with Gasteiger partial charge in [0.2, 0.25) is 0 Å². The smallest absolute Gasteiger partial charge is 0.251 e. The molecule has 15 heavy (non-hydrogen) atoms. The Bertz CT molecular complexity index is 413. The van der Waals surface area contributed by atoms with E-state index in [0.717, 1.165) is 16.4 Å². The van der Waals surface area contributed by atoms with Crippen molar-refractivity contribution in [1.29, 1.82) is 0 Å². The van der Waals surface area contributed by atoms with Crippen LogP contribution in [0.2, 0.25) is 0 Å². The number of halogens is 1. The van der Waals surface area contributed by atoms with Gasteiger partial charge in [0.05, 0.1) is 3.57 Å². The lowest BCUT2D eigenvalue weighted by molar-refractivity contribution is 0.0935. The summed E-state index contributed by atoms with van der Waals surface area (Å²) in [5.74, 6) is 0.0471. The molecular weight excluding hydrogens is 305 g/mol. The molecule has 2 rings (SSSR count). The first kappa shape index (κ1) is 10.7. The predicted octanol–water partition coefficient (Wildman–Crippen LogP) is 2.28. The Labute approximate surface area is 102 Å². The van der Waals surface area contributed by atoms with E-state index in [1.807, 2.05) is 29.5 Å². The maximum Gasteiger partial charge on any atom is 0.251 e. The van der Waals surface area contributed by atoms with Crippen molar-refractivity contribution < 1.29 is 9.90 Å². The number of phenols is 1. The number of carbonyl (C=O) groups is 1. The van der Waals surface area contributed by atoms with E-state index in [1.54, 1.807) is 12.1 Å². The fraction of sp³-hybridized carbons (Fsp3) is 0.364.